The number of amides is 1. The van der Waals surface area contributed by atoms with Crippen molar-refractivity contribution in [3.05, 3.63) is 0 Å². The van der Waals surface area contributed by atoms with Gasteiger partial charge in [-0.15, -0.1) is 0 Å². The van der Waals surface area contributed by atoms with E-state index in [0.29, 0.717) is 17.4 Å². The Morgan fingerprint density at radius 2 is 2.20 bits per heavy atom. The molecule has 0 aromatic rings. The molecule has 2 saturated heterocycles. The summed E-state index contributed by atoms with van der Waals surface area (Å²) >= 11 is 0. The van der Waals surface area contributed by atoms with Crippen LogP contribution in [0.3, 0.4) is 0 Å². The predicted molar refractivity (Wildman–Crippen MR) is 58.5 cm³/mol. The molecule has 1 atom stereocenters. The lowest BCUT2D eigenvalue weighted by Crippen LogP contribution is -2.51. The normalized spacial score (nSPS) is 34.5. The van der Waals surface area contributed by atoms with Gasteiger partial charge in [0.2, 0.25) is 5.91 Å². The number of piperidine rings is 1. The van der Waals surface area contributed by atoms with E-state index in [1.807, 2.05) is 0 Å². The largest absolute Gasteiger partial charge is 0.338 e. The van der Waals surface area contributed by atoms with Crippen molar-refractivity contribution in [2.45, 2.75) is 44.6 Å². The number of nitrogens with zero attached hydrogens (tertiary/aromatic N) is 1. The Morgan fingerprint density at radius 3 is 2.73 bits per heavy atom. The van der Waals surface area contributed by atoms with Crippen molar-refractivity contribution in [1.82, 2.24) is 10.2 Å². The van der Waals surface area contributed by atoms with Crippen LogP contribution in [0.2, 0.25) is 0 Å². The summed E-state index contributed by atoms with van der Waals surface area (Å²) in [6, 6.07) is 0.495. The molecule has 3 aliphatic rings. The molecule has 1 unspecified atom stereocenters. The van der Waals surface area contributed by atoms with Gasteiger partial charge < -0.3 is 10.2 Å². The molecule has 0 bridgehead atoms. The third-order valence-electron chi connectivity index (χ3n) is 4.62. The first-order valence-electron chi connectivity index (χ1n) is 6.29. The number of hydrogen-bond donors (Lipinski definition) is 1. The van der Waals surface area contributed by atoms with E-state index in [1.54, 1.807) is 0 Å². The Labute approximate surface area is 91.2 Å². The third-order valence-corrected chi connectivity index (χ3v) is 4.62. The second-order valence-electron chi connectivity index (χ2n) is 5.51. The molecule has 0 aromatic heterocycles. The van der Waals surface area contributed by atoms with Crippen molar-refractivity contribution < 1.29 is 4.79 Å². The van der Waals surface area contributed by atoms with Crippen molar-refractivity contribution in [1.29, 1.82) is 0 Å². The van der Waals surface area contributed by atoms with Crippen LogP contribution in [0.5, 0.6) is 0 Å². The van der Waals surface area contributed by atoms with Gasteiger partial charge >= 0.3 is 0 Å². The summed E-state index contributed by atoms with van der Waals surface area (Å²) < 4.78 is 0. The van der Waals surface area contributed by atoms with Gasteiger partial charge in [-0.1, -0.05) is 6.42 Å². The molecule has 1 aliphatic carbocycles. The molecule has 15 heavy (non-hydrogen) atoms. The summed E-state index contributed by atoms with van der Waals surface area (Å²) in [6.45, 7) is 3.11. The molecule has 3 heteroatoms. The highest BCUT2D eigenvalue weighted by atomic mass is 16.2. The zero-order chi connectivity index (χ0) is 10.3. The fraction of sp³-hybridized carbons (Fsp3) is 0.917. The zero-order valence-electron chi connectivity index (χ0n) is 9.30. The van der Waals surface area contributed by atoms with Crippen molar-refractivity contribution in [2.75, 3.05) is 19.6 Å². The summed E-state index contributed by atoms with van der Waals surface area (Å²) in [7, 11) is 0. The molecule has 1 N–H and O–H groups in total. The highest BCUT2D eigenvalue weighted by Gasteiger charge is 2.44. The number of likely N-dealkylation sites (tertiary alicyclic amines) is 1. The summed E-state index contributed by atoms with van der Waals surface area (Å²) in [5.41, 5.74) is 0.444. The molecule has 3 rings (SSSR count). The Bertz CT molecular complexity index is 267. The lowest BCUT2D eigenvalue weighted by molar-refractivity contribution is -0.143. The van der Waals surface area contributed by atoms with Crippen LogP contribution >= 0.6 is 0 Å². The van der Waals surface area contributed by atoms with Gasteiger partial charge in [-0.25, -0.2) is 0 Å². The van der Waals surface area contributed by atoms with Crippen LogP contribution in [0.15, 0.2) is 0 Å². The van der Waals surface area contributed by atoms with E-state index < -0.39 is 0 Å². The van der Waals surface area contributed by atoms with Crippen molar-refractivity contribution in [3.63, 3.8) is 0 Å². The van der Waals surface area contributed by atoms with Gasteiger partial charge in [0.05, 0.1) is 0 Å². The van der Waals surface area contributed by atoms with Gasteiger partial charge in [-0.05, 0) is 37.6 Å². The molecule has 0 aromatic carbocycles. The topological polar surface area (TPSA) is 32.3 Å². The maximum absolute atomic E-state index is 12.1. The van der Waals surface area contributed by atoms with E-state index in [1.165, 1.54) is 25.7 Å². The van der Waals surface area contributed by atoms with E-state index in [2.05, 4.69) is 10.2 Å². The second-order valence-corrected chi connectivity index (χ2v) is 5.51. The van der Waals surface area contributed by atoms with Crippen molar-refractivity contribution >= 4 is 5.91 Å². The van der Waals surface area contributed by atoms with Gasteiger partial charge in [0.25, 0.3) is 0 Å². The number of carbonyl (C=O) groups is 1. The molecule has 3 fully saturated rings. The summed E-state index contributed by atoms with van der Waals surface area (Å²) in [5, 5.41) is 3.34. The van der Waals surface area contributed by atoms with Crippen LogP contribution in [0.4, 0.5) is 0 Å². The number of nitrogens with one attached hydrogen (secondary N) is 1. The average Bonchev–Trinajstić information content (AvgIpc) is 2.68. The summed E-state index contributed by atoms with van der Waals surface area (Å²) in [5.74, 6) is 0.426. The molecule has 1 saturated carbocycles. The summed E-state index contributed by atoms with van der Waals surface area (Å²) in [4.78, 5) is 14.2. The molecule has 84 valence electrons. The Hall–Kier alpha value is -0.570. The maximum atomic E-state index is 12.1. The quantitative estimate of drug-likeness (QED) is 0.701. The number of carbonyl (C=O) groups excluding carboxylic acids is 1. The Kier molecular flexibility index (Phi) is 2.23. The van der Waals surface area contributed by atoms with Crippen molar-refractivity contribution in [2.24, 2.45) is 5.41 Å². The smallest absolute Gasteiger partial charge is 0.223 e. The predicted octanol–water partition coefficient (Wildman–Crippen LogP) is 1.14. The lowest BCUT2D eigenvalue weighted by Gasteiger charge is -2.48. The lowest BCUT2D eigenvalue weighted by atomic mass is 9.63. The van der Waals surface area contributed by atoms with E-state index in [0.717, 1.165) is 32.5 Å². The van der Waals surface area contributed by atoms with Crippen LogP contribution < -0.4 is 5.32 Å². The minimum Gasteiger partial charge on any atom is -0.338 e. The number of hydrogen-bond acceptors (Lipinski definition) is 2. The van der Waals surface area contributed by atoms with Gasteiger partial charge in [-0.3, -0.25) is 4.79 Å². The van der Waals surface area contributed by atoms with Gasteiger partial charge in [0.1, 0.15) is 0 Å². The second kappa shape index (κ2) is 3.48. The standard InChI is InChI=1S/C12H20N2O/c15-11-8-12(3-1-4-12)5-7-14(11)10-2-6-13-9-10/h10,13H,1-9H2. The fourth-order valence-electron chi connectivity index (χ4n) is 3.39. The minimum atomic E-state index is 0.426. The van der Waals surface area contributed by atoms with Crippen LogP contribution in [-0.2, 0) is 4.79 Å². The van der Waals surface area contributed by atoms with Gasteiger partial charge in [0, 0.05) is 25.6 Å². The van der Waals surface area contributed by atoms with Crippen molar-refractivity contribution in [3.8, 4) is 0 Å². The molecule has 1 amide bonds. The third kappa shape index (κ3) is 1.57. The Balaban J connectivity index is 1.65. The van der Waals surface area contributed by atoms with Crippen LogP contribution in [-0.4, -0.2) is 36.5 Å². The highest BCUT2D eigenvalue weighted by Crippen LogP contribution is 2.49. The zero-order valence-corrected chi connectivity index (χ0v) is 9.30. The van der Waals surface area contributed by atoms with E-state index in [-0.39, 0.29) is 0 Å². The number of rotatable bonds is 1. The molecule has 0 radical (unpaired) electrons. The molecule has 3 nitrogen and oxygen atoms in total. The van der Waals surface area contributed by atoms with Gasteiger partial charge in [0.15, 0.2) is 0 Å². The fourth-order valence-corrected chi connectivity index (χ4v) is 3.39. The molecule has 1 spiro atoms. The SMILES string of the molecule is O=C1CC2(CCC2)CCN1C1CCNC1. The molecular weight excluding hydrogens is 188 g/mol. The van der Waals surface area contributed by atoms with Gasteiger partial charge in [-0.2, -0.15) is 0 Å². The minimum absolute atomic E-state index is 0.426. The molecule has 2 heterocycles. The van der Waals surface area contributed by atoms with E-state index in [4.69, 9.17) is 0 Å². The first-order chi connectivity index (χ1) is 7.29. The maximum Gasteiger partial charge on any atom is 0.223 e. The van der Waals surface area contributed by atoms with E-state index in [9.17, 15) is 4.79 Å². The van der Waals surface area contributed by atoms with E-state index >= 15 is 0 Å². The molecular formula is C12H20N2O. The molecule has 2 aliphatic heterocycles. The highest BCUT2D eigenvalue weighted by molar-refractivity contribution is 5.78. The Morgan fingerprint density at radius 1 is 1.33 bits per heavy atom. The van der Waals surface area contributed by atoms with Crippen LogP contribution in [0.25, 0.3) is 0 Å². The first-order valence-corrected chi connectivity index (χ1v) is 6.29. The first kappa shape index (κ1) is 9.64. The van der Waals surface area contributed by atoms with Crippen LogP contribution in [0.1, 0.15) is 38.5 Å². The summed E-state index contributed by atoms with van der Waals surface area (Å²) in [6.07, 6.45) is 7.20. The average molecular weight is 208 g/mol. The van der Waals surface area contributed by atoms with Crippen LogP contribution in [0, 0.1) is 5.41 Å². The monoisotopic (exact) mass is 208 g/mol.